The summed E-state index contributed by atoms with van der Waals surface area (Å²) >= 11 is 0. The summed E-state index contributed by atoms with van der Waals surface area (Å²) in [6.07, 6.45) is 5.71. The number of rotatable bonds is 3. The molecule has 0 bridgehead atoms. The largest absolute Gasteiger partial charge is 0.350 e. The SMILES string of the molecule is O=C1CC(c2ccccc2)C2(CCN(CC3CC3)CC2)N1. The highest BCUT2D eigenvalue weighted by atomic mass is 16.2. The number of likely N-dealkylation sites (tertiary alicyclic amines) is 1. The topological polar surface area (TPSA) is 32.3 Å². The van der Waals surface area contributed by atoms with E-state index >= 15 is 0 Å². The number of nitrogens with one attached hydrogen (secondary N) is 1. The first-order valence-corrected chi connectivity index (χ1v) is 8.33. The fourth-order valence-corrected chi connectivity index (χ4v) is 4.19. The second-order valence-corrected chi connectivity index (χ2v) is 7.12. The van der Waals surface area contributed by atoms with Gasteiger partial charge in [-0.25, -0.2) is 0 Å². The Hall–Kier alpha value is -1.35. The van der Waals surface area contributed by atoms with Gasteiger partial charge in [0.15, 0.2) is 0 Å². The maximum atomic E-state index is 12.0. The zero-order chi connectivity index (χ0) is 14.3. The summed E-state index contributed by atoms with van der Waals surface area (Å²) in [5.74, 6) is 1.55. The zero-order valence-electron chi connectivity index (χ0n) is 12.6. The number of amides is 1. The van der Waals surface area contributed by atoms with E-state index in [4.69, 9.17) is 0 Å². The molecule has 3 aliphatic rings. The van der Waals surface area contributed by atoms with Gasteiger partial charge in [0.1, 0.15) is 0 Å². The molecule has 1 saturated carbocycles. The van der Waals surface area contributed by atoms with Crippen molar-refractivity contribution in [3.05, 3.63) is 35.9 Å². The number of carbonyl (C=O) groups is 1. The molecular weight excluding hydrogens is 260 g/mol. The lowest BCUT2D eigenvalue weighted by molar-refractivity contribution is -0.120. The molecule has 1 amide bonds. The molecule has 1 N–H and O–H groups in total. The molecule has 1 unspecified atom stereocenters. The predicted molar refractivity (Wildman–Crippen MR) is 83.1 cm³/mol. The quantitative estimate of drug-likeness (QED) is 0.925. The number of nitrogens with zero attached hydrogens (tertiary/aromatic N) is 1. The van der Waals surface area contributed by atoms with Crippen LogP contribution in [0.2, 0.25) is 0 Å². The van der Waals surface area contributed by atoms with E-state index in [1.54, 1.807) is 0 Å². The van der Waals surface area contributed by atoms with Crippen LogP contribution in [0.1, 0.15) is 43.6 Å². The van der Waals surface area contributed by atoms with Gasteiger partial charge in [-0.1, -0.05) is 30.3 Å². The zero-order valence-corrected chi connectivity index (χ0v) is 12.6. The van der Waals surface area contributed by atoms with Crippen LogP contribution in [0.25, 0.3) is 0 Å². The Morgan fingerprint density at radius 2 is 1.86 bits per heavy atom. The summed E-state index contributed by atoms with van der Waals surface area (Å²) in [7, 11) is 0. The Balaban J connectivity index is 1.50. The molecule has 3 nitrogen and oxygen atoms in total. The molecule has 2 heterocycles. The van der Waals surface area contributed by atoms with Crippen LogP contribution in [-0.4, -0.2) is 36.0 Å². The maximum absolute atomic E-state index is 12.0. The van der Waals surface area contributed by atoms with Gasteiger partial charge in [0.25, 0.3) is 0 Å². The van der Waals surface area contributed by atoms with Crippen LogP contribution in [-0.2, 0) is 4.79 Å². The van der Waals surface area contributed by atoms with Gasteiger partial charge in [-0.05, 0) is 37.2 Å². The van der Waals surface area contributed by atoms with Gasteiger partial charge in [-0.3, -0.25) is 4.79 Å². The highest BCUT2D eigenvalue weighted by molar-refractivity contribution is 5.81. The van der Waals surface area contributed by atoms with E-state index in [1.165, 1.54) is 24.9 Å². The highest BCUT2D eigenvalue weighted by Crippen LogP contribution is 2.43. The van der Waals surface area contributed by atoms with Crippen molar-refractivity contribution in [2.75, 3.05) is 19.6 Å². The third-order valence-electron chi connectivity index (χ3n) is 5.61. The van der Waals surface area contributed by atoms with Crippen LogP contribution in [0.3, 0.4) is 0 Å². The molecular formula is C18H24N2O. The summed E-state index contributed by atoms with van der Waals surface area (Å²) in [6, 6.07) is 10.6. The fraction of sp³-hybridized carbons (Fsp3) is 0.611. The molecule has 1 aromatic carbocycles. The van der Waals surface area contributed by atoms with Gasteiger partial charge >= 0.3 is 0 Å². The minimum atomic E-state index is 0.0124. The van der Waals surface area contributed by atoms with E-state index in [0.29, 0.717) is 12.3 Å². The molecule has 0 aromatic heterocycles. The van der Waals surface area contributed by atoms with Crippen LogP contribution >= 0.6 is 0 Å². The molecule has 3 fully saturated rings. The van der Waals surface area contributed by atoms with Crippen molar-refractivity contribution < 1.29 is 4.79 Å². The van der Waals surface area contributed by atoms with Gasteiger partial charge in [0.2, 0.25) is 5.91 Å². The van der Waals surface area contributed by atoms with Crippen LogP contribution in [0.15, 0.2) is 30.3 Å². The number of piperidine rings is 1. The van der Waals surface area contributed by atoms with Crippen LogP contribution in [0.4, 0.5) is 0 Å². The standard InChI is InChI=1S/C18H24N2O/c21-17-12-16(15-4-2-1-3-5-15)18(19-17)8-10-20(11-9-18)13-14-6-7-14/h1-5,14,16H,6-13H2,(H,19,21). The summed E-state index contributed by atoms with van der Waals surface area (Å²) in [5, 5.41) is 3.34. The normalized spacial score (nSPS) is 28.8. The van der Waals surface area contributed by atoms with Crippen molar-refractivity contribution in [3.8, 4) is 0 Å². The molecule has 1 aromatic rings. The Morgan fingerprint density at radius 1 is 1.14 bits per heavy atom. The minimum Gasteiger partial charge on any atom is -0.350 e. The first kappa shape index (κ1) is 13.3. The van der Waals surface area contributed by atoms with E-state index in [9.17, 15) is 4.79 Å². The molecule has 4 rings (SSSR count). The average molecular weight is 284 g/mol. The third-order valence-corrected chi connectivity index (χ3v) is 5.61. The van der Waals surface area contributed by atoms with E-state index in [-0.39, 0.29) is 11.4 Å². The van der Waals surface area contributed by atoms with Crippen molar-refractivity contribution >= 4 is 5.91 Å². The minimum absolute atomic E-state index is 0.0124. The third kappa shape index (κ3) is 2.59. The van der Waals surface area contributed by atoms with E-state index in [2.05, 4.69) is 40.5 Å². The van der Waals surface area contributed by atoms with Gasteiger partial charge in [-0.2, -0.15) is 0 Å². The van der Waals surface area contributed by atoms with Crippen molar-refractivity contribution in [3.63, 3.8) is 0 Å². The van der Waals surface area contributed by atoms with Crippen molar-refractivity contribution in [1.29, 1.82) is 0 Å². The van der Waals surface area contributed by atoms with E-state index < -0.39 is 0 Å². The van der Waals surface area contributed by atoms with Crippen LogP contribution < -0.4 is 5.32 Å². The lowest BCUT2D eigenvalue weighted by Gasteiger charge is -2.43. The number of hydrogen-bond donors (Lipinski definition) is 1. The lowest BCUT2D eigenvalue weighted by atomic mass is 9.74. The van der Waals surface area contributed by atoms with Gasteiger partial charge < -0.3 is 10.2 Å². The first-order valence-electron chi connectivity index (χ1n) is 8.33. The van der Waals surface area contributed by atoms with Gasteiger partial charge in [-0.15, -0.1) is 0 Å². The number of hydrogen-bond acceptors (Lipinski definition) is 2. The Kier molecular flexibility index (Phi) is 3.26. The Labute approximate surface area is 126 Å². The van der Waals surface area contributed by atoms with Crippen molar-refractivity contribution in [1.82, 2.24) is 10.2 Å². The van der Waals surface area contributed by atoms with E-state index in [1.807, 2.05) is 0 Å². The van der Waals surface area contributed by atoms with E-state index in [0.717, 1.165) is 31.8 Å². The molecule has 0 radical (unpaired) electrons. The van der Waals surface area contributed by atoms with Crippen LogP contribution in [0, 0.1) is 5.92 Å². The van der Waals surface area contributed by atoms with Crippen molar-refractivity contribution in [2.45, 2.75) is 43.6 Å². The van der Waals surface area contributed by atoms with Crippen molar-refractivity contribution in [2.24, 2.45) is 5.92 Å². The molecule has 1 spiro atoms. The molecule has 21 heavy (non-hydrogen) atoms. The maximum Gasteiger partial charge on any atom is 0.221 e. The smallest absolute Gasteiger partial charge is 0.221 e. The van der Waals surface area contributed by atoms with Gasteiger partial charge in [0, 0.05) is 37.5 Å². The fourth-order valence-electron chi connectivity index (χ4n) is 4.19. The molecule has 2 aliphatic heterocycles. The average Bonchev–Trinajstić information content (AvgIpc) is 3.26. The summed E-state index contributed by atoms with van der Waals surface area (Å²) in [6.45, 7) is 3.56. The highest BCUT2D eigenvalue weighted by Gasteiger charge is 2.48. The number of carbonyl (C=O) groups excluding carboxylic acids is 1. The number of benzene rings is 1. The summed E-state index contributed by atoms with van der Waals surface area (Å²) in [5.41, 5.74) is 1.34. The van der Waals surface area contributed by atoms with Crippen LogP contribution in [0.5, 0.6) is 0 Å². The Morgan fingerprint density at radius 3 is 2.52 bits per heavy atom. The lowest BCUT2D eigenvalue weighted by Crippen LogP contribution is -2.53. The monoisotopic (exact) mass is 284 g/mol. The summed E-state index contributed by atoms with van der Waals surface area (Å²) < 4.78 is 0. The first-order chi connectivity index (χ1) is 10.3. The molecule has 1 aliphatic carbocycles. The molecule has 1 atom stereocenters. The Bertz CT molecular complexity index is 515. The molecule has 3 heteroatoms. The second-order valence-electron chi connectivity index (χ2n) is 7.12. The molecule has 2 saturated heterocycles. The predicted octanol–water partition coefficient (Wildman–Crippen LogP) is 2.53. The summed E-state index contributed by atoms with van der Waals surface area (Å²) in [4.78, 5) is 14.7. The molecule has 112 valence electrons. The second kappa shape index (κ2) is 5.13. The van der Waals surface area contributed by atoms with Gasteiger partial charge in [0.05, 0.1) is 0 Å².